The van der Waals surface area contributed by atoms with Gasteiger partial charge in [0, 0.05) is 0 Å². The first-order valence-corrected chi connectivity index (χ1v) is 5.94. The van der Waals surface area contributed by atoms with Crippen molar-refractivity contribution in [2.24, 2.45) is 0 Å². The summed E-state index contributed by atoms with van der Waals surface area (Å²) in [4.78, 5) is 10.5. The predicted octanol–water partition coefficient (Wildman–Crippen LogP) is 3.44. The quantitative estimate of drug-likeness (QED) is 0.647. The van der Waals surface area contributed by atoms with E-state index >= 15 is 0 Å². The van der Waals surface area contributed by atoms with Crippen molar-refractivity contribution in [1.29, 1.82) is 0 Å². The molecule has 0 spiro atoms. The van der Waals surface area contributed by atoms with Gasteiger partial charge in [0.25, 0.3) is 6.47 Å². The van der Waals surface area contributed by atoms with Crippen molar-refractivity contribution in [3.8, 4) is 0 Å². The molecule has 0 aromatic carbocycles. The number of hydrogen-bond donors (Lipinski definition) is 0. The van der Waals surface area contributed by atoms with Gasteiger partial charge in [-0.1, -0.05) is 32.6 Å². The van der Waals surface area contributed by atoms with Crippen LogP contribution < -0.4 is 0 Å². The van der Waals surface area contributed by atoms with Gasteiger partial charge in [-0.3, -0.25) is 4.79 Å². The Morgan fingerprint density at radius 2 is 1.71 bits per heavy atom. The van der Waals surface area contributed by atoms with E-state index in [2.05, 4.69) is 6.92 Å². The van der Waals surface area contributed by atoms with Crippen LogP contribution in [0.2, 0.25) is 0 Å². The summed E-state index contributed by atoms with van der Waals surface area (Å²) in [5.74, 6) is 0. The molecule has 1 saturated carbocycles. The largest absolute Gasteiger partial charge is 0.461 e. The Bertz CT molecular complexity index is 158. The zero-order chi connectivity index (χ0) is 10.3. The maximum absolute atomic E-state index is 10.5. The Balaban J connectivity index is 2.54. The van der Waals surface area contributed by atoms with Crippen LogP contribution in [0.4, 0.5) is 0 Å². The summed E-state index contributed by atoms with van der Waals surface area (Å²) in [7, 11) is 0. The minimum Gasteiger partial charge on any atom is -0.461 e. The normalized spacial score (nSPS) is 22.1. The molecule has 82 valence electrons. The standard InChI is InChI=1S/C12H22O2/c1-2-8-12(14-11-13)9-6-4-3-5-7-10-12/h11H,2-10H2,1H3. The highest BCUT2D eigenvalue weighted by Gasteiger charge is 2.30. The zero-order valence-corrected chi connectivity index (χ0v) is 9.26. The van der Waals surface area contributed by atoms with Gasteiger partial charge in [-0.15, -0.1) is 0 Å². The van der Waals surface area contributed by atoms with Crippen molar-refractivity contribution in [3.63, 3.8) is 0 Å². The first-order chi connectivity index (χ1) is 6.83. The molecule has 0 radical (unpaired) electrons. The van der Waals surface area contributed by atoms with Gasteiger partial charge in [-0.25, -0.2) is 0 Å². The fraction of sp³-hybridized carbons (Fsp3) is 0.917. The second-order valence-corrected chi connectivity index (χ2v) is 4.41. The third kappa shape index (κ3) is 3.32. The molecule has 1 rings (SSSR count). The molecule has 2 heteroatoms. The fourth-order valence-corrected chi connectivity index (χ4v) is 2.53. The van der Waals surface area contributed by atoms with E-state index in [1.165, 1.54) is 32.1 Å². The highest BCUT2D eigenvalue weighted by atomic mass is 16.5. The van der Waals surface area contributed by atoms with Crippen LogP contribution in [0.15, 0.2) is 0 Å². The molecular weight excluding hydrogens is 176 g/mol. The van der Waals surface area contributed by atoms with Crippen LogP contribution in [0.5, 0.6) is 0 Å². The Hall–Kier alpha value is -0.530. The van der Waals surface area contributed by atoms with E-state index < -0.39 is 0 Å². The van der Waals surface area contributed by atoms with Gasteiger partial charge in [0.1, 0.15) is 5.60 Å². The van der Waals surface area contributed by atoms with Gasteiger partial charge in [-0.05, 0) is 32.1 Å². The molecule has 0 amide bonds. The van der Waals surface area contributed by atoms with Crippen molar-refractivity contribution in [2.45, 2.75) is 70.3 Å². The van der Waals surface area contributed by atoms with Crippen molar-refractivity contribution in [3.05, 3.63) is 0 Å². The molecule has 1 fully saturated rings. The first kappa shape index (κ1) is 11.5. The highest BCUT2D eigenvalue weighted by molar-refractivity contribution is 5.38. The highest BCUT2D eigenvalue weighted by Crippen LogP contribution is 2.32. The molecule has 0 saturated heterocycles. The van der Waals surface area contributed by atoms with E-state index in [-0.39, 0.29) is 5.60 Å². The summed E-state index contributed by atoms with van der Waals surface area (Å²) in [5.41, 5.74) is -0.114. The molecule has 0 aromatic rings. The zero-order valence-electron chi connectivity index (χ0n) is 9.26. The molecule has 2 nitrogen and oxygen atoms in total. The SMILES string of the molecule is CCCC1(OC=O)CCCCCCC1. The smallest absolute Gasteiger partial charge is 0.293 e. The van der Waals surface area contributed by atoms with Crippen LogP contribution in [-0.2, 0) is 9.53 Å². The van der Waals surface area contributed by atoms with E-state index in [0.29, 0.717) is 6.47 Å². The second-order valence-electron chi connectivity index (χ2n) is 4.41. The molecule has 0 heterocycles. The van der Waals surface area contributed by atoms with Gasteiger partial charge in [0.2, 0.25) is 0 Å². The first-order valence-electron chi connectivity index (χ1n) is 5.94. The van der Waals surface area contributed by atoms with E-state index in [1.54, 1.807) is 0 Å². The van der Waals surface area contributed by atoms with Gasteiger partial charge in [-0.2, -0.15) is 0 Å². The minimum absolute atomic E-state index is 0.114. The van der Waals surface area contributed by atoms with E-state index in [0.717, 1.165) is 25.7 Å². The Labute approximate surface area is 87.0 Å². The third-order valence-corrected chi connectivity index (χ3v) is 3.27. The second kappa shape index (κ2) is 6.05. The lowest BCUT2D eigenvalue weighted by molar-refractivity contribution is -0.146. The van der Waals surface area contributed by atoms with Crippen LogP contribution in [0.1, 0.15) is 64.7 Å². The van der Waals surface area contributed by atoms with Crippen LogP contribution in [-0.4, -0.2) is 12.1 Å². The number of carbonyl (C=O) groups excluding carboxylic acids is 1. The van der Waals surface area contributed by atoms with Gasteiger partial charge < -0.3 is 4.74 Å². The molecule has 0 bridgehead atoms. The molecule has 0 atom stereocenters. The molecule has 0 N–H and O–H groups in total. The van der Waals surface area contributed by atoms with Crippen LogP contribution in [0.25, 0.3) is 0 Å². The third-order valence-electron chi connectivity index (χ3n) is 3.27. The van der Waals surface area contributed by atoms with Gasteiger partial charge in [0.05, 0.1) is 0 Å². The number of carbonyl (C=O) groups is 1. The summed E-state index contributed by atoms with van der Waals surface area (Å²) in [6.07, 6.45) is 10.7. The lowest BCUT2D eigenvalue weighted by Gasteiger charge is -2.33. The number of hydrogen-bond acceptors (Lipinski definition) is 2. The summed E-state index contributed by atoms with van der Waals surface area (Å²) in [6, 6.07) is 0. The van der Waals surface area contributed by atoms with Crippen LogP contribution in [0.3, 0.4) is 0 Å². The van der Waals surface area contributed by atoms with Gasteiger partial charge >= 0.3 is 0 Å². The van der Waals surface area contributed by atoms with Crippen molar-refractivity contribution in [1.82, 2.24) is 0 Å². The van der Waals surface area contributed by atoms with E-state index in [4.69, 9.17) is 4.74 Å². The average molecular weight is 198 g/mol. The summed E-state index contributed by atoms with van der Waals surface area (Å²) in [6.45, 7) is 2.81. The molecule has 1 aliphatic rings. The van der Waals surface area contributed by atoms with Gasteiger partial charge in [0.15, 0.2) is 0 Å². The fourth-order valence-electron chi connectivity index (χ4n) is 2.53. The number of ether oxygens (including phenoxy) is 1. The Kier molecular flexibility index (Phi) is 4.99. The minimum atomic E-state index is -0.114. The van der Waals surface area contributed by atoms with Crippen molar-refractivity contribution in [2.75, 3.05) is 0 Å². The predicted molar refractivity (Wildman–Crippen MR) is 57.1 cm³/mol. The summed E-state index contributed by atoms with van der Waals surface area (Å²) < 4.78 is 5.37. The van der Waals surface area contributed by atoms with E-state index in [1.807, 2.05) is 0 Å². The van der Waals surface area contributed by atoms with Crippen molar-refractivity contribution >= 4 is 6.47 Å². The summed E-state index contributed by atoms with van der Waals surface area (Å²) >= 11 is 0. The molecule has 0 aromatic heterocycles. The van der Waals surface area contributed by atoms with E-state index in [9.17, 15) is 4.79 Å². The molecule has 14 heavy (non-hydrogen) atoms. The molecule has 0 aliphatic heterocycles. The summed E-state index contributed by atoms with van der Waals surface area (Å²) in [5, 5.41) is 0. The number of rotatable bonds is 4. The van der Waals surface area contributed by atoms with Crippen LogP contribution >= 0.6 is 0 Å². The molecular formula is C12H22O2. The van der Waals surface area contributed by atoms with Crippen molar-refractivity contribution < 1.29 is 9.53 Å². The topological polar surface area (TPSA) is 26.3 Å². The average Bonchev–Trinajstić information content (AvgIpc) is 2.12. The Morgan fingerprint density at radius 1 is 1.14 bits per heavy atom. The Morgan fingerprint density at radius 3 is 2.21 bits per heavy atom. The monoisotopic (exact) mass is 198 g/mol. The molecule has 1 aliphatic carbocycles. The maximum atomic E-state index is 10.5. The molecule has 0 unspecified atom stereocenters. The maximum Gasteiger partial charge on any atom is 0.293 e. The van der Waals surface area contributed by atoms with Crippen LogP contribution in [0, 0.1) is 0 Å². The lowest BCUT2D eigenvalue weighted by Crippen LogP contribution is -2.33. The lowest BCUT2D eigenvalue weighted by atomic mass is 9.83.